The van der Waals surface area contributed by atoms with Crippen LogP contribution >= 0.6 is 0 Å². The zero-order valence-electron chi connectivity index (χ0n) is 8.97. The summed E-state index contributed by atoms with van der Waals surface area (Å²) >= 11 is 0. The second-order valence-electron chi connectivity index (χ2n) is 3.61. The minimum Gasteiger partial charge on any atom is -0.493 e. The highest BCUT2D eigenvalue weighted by Gasteiger charge is 2.10. The predicted molar refractivity (Wildman–Crippen MR) is 63.3 cm³/mol. The lowest BCUT2D eigenvalue weighted by atomic mass is 10.1. The maximum atomic E-state index is 8.11. The first-order chi connectivity index (χ1) is 7.90. The average Bonchev–Trinajstić information content (AvgIpc) is 2.76. The molecule has 1 aliphatic rings. The Balaban J connectivity index is 1.97. The third-order valence-corrected chi connectivity index (χ3v) is 2.48. The van der Waals surface area contributed by atoms with Gasteiger partial charge in [0.2, 0.25) is 0 Å². The van der Waals surface area contributed by atoms with Gasteiger partial charge in [-0.15, -0.1) is 0 Å². The standard InChI is InChI=1S/C12H13N3O/c13-15-14-7-2-1-3-10-4-5-12-11(9-10)6-8-16-12/h1,3-5,9H,2,6-8H2. The molecule has 16 heavy (non-hydrogen) atoms. The summed E-state index contributed by atoms with van der Waals surface area (Å²) in [6.07, 6.45) is 5.84. The smallest absolute Gasteiger partial charge is 0.122 e. The van der Waals surface area contributed by atoms with Crippen molar-refractivity contribution in [3.8, 4) is 5.75 Å². The molecule has 1 aromatic rings. The van der Waals surface area contributed by atoms with E-state index in [1.807, 2.05) is 24.3 Å². The van der Waals surface area contributed by atoms with E-state index in [0.29, 0.717) is 6.54 Å². The van der Waals surface area contributed by atoms with Crippen molar-refractivity contribution in [3.05, 3.63) is 45.8 Å². The van der Waals surface area contributed by atoms with E-state index in [2.05, 4.69) is 16.1 Å². The number of ether oxygens (including phenoxy) is 1. The second-order valence-corrected chi connectivity index (χ2v) is 3.61. The maximum Gasteiger partial charge on any atom is 0.122 e. The Morgan fingerprint density at radius 3 is 3.31 bits per heavy atom. The Labute approximate surface area is 94.2 Å². The van der Waals surface area contributed by atoms with E-state index in [1.54, 1.807) is 0 Å². The molecule has 0 saturated carbocycles. The highest BCUT2D eigenvalue weighted by Crippen LogP contribution is 2.26. The van der Waals surface area contributed by atoms with Gasteiger partial charge in [-0.1, -0.05) is 23.3 Å². The summed E-state index contributed by atoms with van der Waals surface area (Å²) in [6.45, 7) is 1.31. The van der Waals surface area contributed by atoms with Crippen LogP contribution in [0.1, 0.15) is 17.5 Å². The Morgan fingerprint density at radius 1 is 1.50 bits per heavy atom. The fourth-order valence-corrected chi connectivity index (χ4v) is 1.71. The fourth-order valence-electron chi connectivity index (χ4n) is 1.71. The van der Waals surface area contributed by atoms with Crippen molar-refractivity contribution in [1.82, 2.24) is 0 Å². The molecule has 0 aliphatic carbocycles. The number of azide groups is 1. The van der Waals surface area contributed by atoms with Crippen molar-refractivity contribution < 1.29 is 4.74 Å². The molecule has 1 aromatic carbocycles. The number of benzene rings is 1. The van der Waals surface area contributed by atoms with Gasteiger partial charge in [-0.3, -0.25) is 0 Å². The van der Waals surface area contributed by atoms with Gasteiger partial charge in [-0.05, 0) is 35.2 Å². The van der Waals surface area contributed by atoms with Crippen LogP contribution in [0.5, 0.6) is 5.75 Å². The molecule has 1 aliphatic heterocycles. The highest BCUT2D eigenvalue weighted by molar-refractivity contribution is 5.54. The molecular weight excluding hydrogens is 202 g/mol. The first-order valence-electron chi connectivity index (χ1n) is 5.33. The second kappa shape index (κ2) is 5.24. The quantitative estimate of drug-likeness (QED) is 0.329. The van der Waals surface area contributed by atoms with Crippen molar-refractivity contribution in [2.75, 3.05) is 13.2 Å². The van der Waals surface area contributed by atoms with Crippen molar-refractivity contribution in [2.24, 2.45) is 5.11 Å². The van der Waals surface area contributed by atoms with Crippen LogP contribution in [-0.2, 0) is 6.42 Å². The van der Waals surface area contributed by atoms with Gasteiger partial charge in [0.25, 0.3) is 0 Å². The lowest BCUT2D eigenvalue weighted by Crippen LogP contribution is -1.85. The van der Waals surface area contributed by atoms with Crippen LogP contribution in [0.4, 0.5) is 0 Å². The Bertz CT molecular complexity index is 448. The van der Waals surface area contributed by atoms with Crippen LogP contribution in [0.15, 0.2) is 29.4 Å². The molecule has 0 bridgehead atoms. The number of nitrogens with zero attached hydrogens (tertiary/aromatic N) is 3. The third kappa shape index (κ3) is 2.55. The van der Waals surface area contributed by atoms with E-state index in [0.717, 1.165) is 25.2 Å². The summed E-state index contributed by atoms with van der Waals surface area (Å²) in [4.78, 5) is 2.70. The molecule has 82 valence electrons. The first-order valence-corrected chi connectivity index (χ1v) is 5.33. The number of hydrogen-bond acceptors (Lipinski definition) is 2. The van der Waals surface area contributed by atoms with Gasteiger partial charge in [0.1, 0.15) is 5.75 Å². The van der Waals surface area contributed by atoms with E-state index in [1.165, 1.54) is 11.1 Å². The van der Waals surface area contributed by atoms with E-state index in [-0.39, 0.29) is 0 Å². The summed E-state index contributed by atoms with van der Waals surface area (Å²) in [5.41, 5.74) is 10.6. The van der Waals surface area contributed by atoms with Gasteiger partial charge in [0, 0.05) is 17.9 Å². The van der Waals surface area contributed by atoms with Gasteiger partial charge in [0.05, 0.1) is 6.61 Å². The number of fused-ring (bicyclic) bond motifs is 1. The predicted octanol–water partition coefficient (Wildman–Crippen LogP) is 3.34. The molecule has 0 atom stereocenters. The summed E-state index contributed by atoms with van der Waals surface area (Å²) in [7, 11) is 0. The molecular formula is C12H13N3O. The van der Waals surface area contributed by atoms with Crippen molar-refractivity contribution in [1.29, 1.82) is 0 Å². The zero-order chi connectivity index (χ0) is 11.2. The molecule has 1 heterocycles. The van der Waals surface area contributed by atoms with Crippen LogP contribution in [0.2, 0.25) is 0 Å². The lowest BCUT2D eigenvalue weighted by molar-refractivity contribution is 0.357. The molecule has 4 nitrogen and oxygen atoms in total. The van der Waals surface area contributed by atoms with Gasteiger partial charge in [-0.25, -0.2) is 0 Å². The normalized spacial score (nSPS) is 13.2. The Hall–Kier alpha value is -1.93. The van der Waals surface area contributed by atoms with Crippen LogP contribution in [-0.4, -0.2) is 13.2 Å². The molecule has 0 unspecified atom stereocenters. The molecule has 0 fully saturated rings. The number of rotatable bonds is 4. The minimum atomic E-state index is 0.515. The molecule has 4 heteroatoms. The van der Waals surface area contributed by atoms with E-state index < -0.39 is 0 Å². The first kappa shape index (κ1) is 10.6. The minimum absolute atomic E-state index is 0.515. The molecule has 0 amide bonds. The maximum absolute atomic E-state index is 8.11. The monoisotopic (exact) mass is 215 g/mol. The third-order valence-electron chi connectivity index (χ3n) is 2.48. The summed E-state index contributed by atoms with van der Waals surface area (Å²) in [5, 5.41) is 3.47. The van der Waals surface area contributed by atoms with Gasteiger partial charge in [0.15, 0.2) is 0 Å². The molecule has 0 radical (unpaired) electrons. The fraction of sp³-hybridized carbons (Fsp3) is 0.333. The van der Waals surface area contributed by atoms with Crippen molar-refractivity contribution in [3.63, 3.8) is 0 Å². The molecule has 0 aromatic heterocycles. The van der Waals surface area contributed by atoms with E-state index >= 15 is 0 Å². The largest absolute Gasteiger partial charge is 0.493 e. The van der Waals surface area contributed by atoms with Crippen molar-refractivity contribution in [2.45, 2.75) is 12.8 Å². The highest BCUT2D eigenvalue weighted by atomic mass is 16.5. The molecule has 0 spiro atoms. The summed E-state index contributed by atoms with van der Waals surface area (Å²) in [5.74, 6) is 1.01. The van der Waals surface area contributed by atoms with Crippen LogP contribution < -0.4 is 4.74 Å². The summed E-state index contributed by atoms with van der Waals surface area (Å²) in [6, 6.07) is 6.19. The van der Waals surface area contributed by atoms with Gasteiger partial charge in [-0.2, -0.15) is 0 Å². The van der Waals surface area contributed by atoms with Gasteiger partial charge >= 0.3 is 0 Å². The average molecular weight is 215 g/mol. The van der Waals surface area contributed by atoms with Crippen LogP contribution in [0.3, 0.4) is 0 Å². The van der Waals surface area contributed by atoms with Gasteiger partial charge < -0.3 is 4.74 Å². The van der Waals surface area contributed by atoms with E-state index in [4.69, 9.17) is 10.3 Å². The topological polar surface area (TPSA) is 58.0 Å². The van der Waals surface area contributed by atoms with E-state index in [9.17, 15) is 0 Å². The van der Waals surface area contributed by atoms with Crippen molar-refractivity contribution >= 4 is 6.08 Å². The molecule has 2 rings (SSSR count). The molecule has 0 N–H and O–H groups in total. The molecule has 0 saturated heterocycles. The summed E-state index contributed by atoms with van der Waals surface area (Å²) < 4.78 is 5.43. The van der Waals surface area contributed by atoms with Crippen LogP contribution in [0.25, 0.3) is 16.5 Å². The number of hydrogen-bond donors (Lipinski definition) is 0. The van der Waals surface area contributed by atoms with Crippen LogP contribution in [0, 0.1) is 0 Å². The SMILES string of the molecule is [N-]=[N+]=NCCC=Cc1ccc2c(c1)CCO2. The Morgan fingerprint density at radius 2 is 2.44 bits per heavy atom. The Kier molecular flexibility index (Phi) is 3.46. The lowest BCUT2D eigenvalue weighted by Gasteiger charge is -1.99. The zero-order valence-corrected chi connectivity index (χ0v) is 8.97.